The number of aliphatic carboxylic acids is 1. The minimum Gasteiger partial charge on any atom is -0.481 e. The number of rotatable bonds is 3. The van der Waals surface area contributed by atoms with Gasteiger partial charge in [0.25, 0.3) is 0 Å². The first-order chi connectivity index (χ1) is 8.34. The minimum absolute atomic E-state index is 0.0897. The van der Waals surface area contributed by atoms with E-state index in [1.807, 2.05) is 0 Å². The molecule has 1 heterocycles. The van der Waals surface area contributed by atoms with Crippen LogP contribution in [0, 0.1) is 23.2 Å². The van der Waals surface area contributed by atoms with Crippen molar-refractivity contribution < 1.29 is 19.1 Å². The van der Waals surface area contributed by atoms with Gasteiger partial charge in [0.2, 0.25) is 11.9 Å². The van der Waals surface area contributed by atoms with Gasteiger partial charge in [-0.05, 0) is 17.5 Å². The fraction of sp³-hybridized carbons (Fsp3) is 0.417. The van der Waals surface area contributed by atoms with Gasteiger partial charge in [0, 0.05) is 0 Å². The Bertz CT molecular complexity index is 516. The zero-order valence-electron chi connectivity index (χ0n) is 9.98. The molecule has 2 atom stereocenters. The van der Waals surface area contributed by atoms with Crippen LogP contribution < -0.4 is 5.32 Å². The molecule has 1 aromatic rings. The molecule has 0 spiro atoms. The molecule has 1 aliphatic carbocycles. The van der Waals surface area contributed by atoms with Crippen molar-refractivity contribution in [2.45, 2.75) is 13.8 Å². The lowest BCUT2D eigenvalue weighted by molar-refractivity contribution is -0.140. The average Bonchev–Trinajstić information content (AvgIpc) is 2.81. The van der Waals surface area contributed by atoms with E-state index in [1.54, 1.807) is 13.8 Å². The van der Waals surface area contributed by atoms with Crippen molar-refractivity contribution in [3.05, 3.63) is 24.1 Å². The number of amides is 1. The molecule has 1 saturated carbocycles. The highest BCUT2D eigenvalue weighted by atomic mass is 19.1. The van der Waals surface area contributed by atoms with Crippen LogP contribution in [0.2, 0.25) is 0 Å². The van der Waals surface area contributed by atoms with Crippen molar-refractivity contribution in [3.63, 3.8) is 0 Å². The minimum atomic E-state index is -0.993. The predicted octanol–water partition coefficient (Wildman–Crippen LogP) is 1.52. The van der Waals surface area contributed by atoms with E-state index in [2.05, 4.69) is 10.3 Å². The number of anilines is 1. The average molecular weight is 252 g/mol. The van der Waals surface area contributed by atoms with Crippen LogP contribution in [-0.4, -0.2) is 22.0 Å². The molecule has 0 radical (unpaired) electrons. The van der Waals surface area contributed by atoms with Crippen molar-refractivity contribution in [2.24, 2.45) is 17.3 Å². The van der Waals surface area contributed by atoms with Gasteiger partial charge in [0.15, 0.2) is 0 Å². The van der Waals surface area contributed by atoms with Gasteiger partial charge in [0.1, 0.15) is 5.82 Å². The molecular weight excluding hydrogens is 239 g/mol. The van der Waals surface area contributed by atoms with Crippen LogP contribution in [0.25, 0.3) is 0 Å². The van der Waals surface area contributed by atoms with Gasteiger partial charge in [-0.1, -0.05) is 19.9 Å². The maximum absolute atomic E-state index is 12.8. The lowest BCUT2D eigenvalue weighted by atomic mass is 10.1. The molecule has 1 fully saturated rings. The molecule has 5 nitrogen and oxygen atoms in total. The number of nitrogens with zero attached hydrogens (tertiary/aromatic N) is 1. The van der Waals surface area contributed by atoms with Gasteiger partial charge >= 0.3 is 5.97 Å². The Kier molecular flexibility index (Phi) is 2.80. The third-order valence-electron chi connectivity index (χ3n) is 3.34. The molecule has 6 heteroatoms. The summed E-state index contributed by atoms with van der Waals surface area (Å²) in [5, 5.41) is 11.4. The number of carboxylic acid groups (broad SMARTS) is 1. The maximum atomic E-state index is 12.8. The second-order valence-electron chi connectivity index (χ2n) is 4.95. The van der Waals surface area contributed by atoms with E-state index in [1.165, 1.54) is 12.1 Å². The van der Waals surface area contributed by atoms with Gasteiger partial charge in [-0.15, -0.1) is 0 Å². The fourth-order valence-corrected chi connectivity index (χ4v) is 2.27. The second kappa shape index (κ2) is 4.04. The van der Waals surface area contributed by atoms with E-state index >= 15 is 0 Å². The van der Waals surface area contributed by atoms with E-state index < -0.39 is 35.1 Å². The largest absolute Gasteiger partial charge is 0.481 e. The van der Waals surface area contributed by atoms with Crippen molar-refractivity contribution in [2.75, 3.05) is 5.32 Å². The van der Waals surface area contributed by atoms with Crippen molar-refractivity contribution >= 4 is 17.7 Å². The summed E-state index contributed by atoms with van der Waals surface area (Å²) < 4.78 is 12.8. The van der Waals surface area contributed by atoms with Gasteiger partial charge in [-0.2, -0.15) is 4.39 Å². The lowest BCUT2D eigenvalue weighted by Gasteiger charge is -2.04. The van der Waals surface area contributed by atoms with Crippen LogP contribution in [0.15, 0.2) is 18.2 Å². The quantitative estimate of drug-likeness (QED) is 0.799. The topological polar surface area (TPSA) is 79.3 Å². The molecular formula is C12H13FN2O3. The highest BCUT2D eigenvalue weighted by Gasteiger charge is 2.65. The summed E-state index contributed by atoms with van der Waals surface area (Å²) in [5.74, 6) is -3.35. The molecule has 1 aliphatic rings. The number of carbonyl (C=O) groups is 2. The van der Waals surface area contributed by atoms with Gasteiger partial charge in [0.05, 0.1) is 11.8 Å². The Morgan fingerprint density at radius 2 is 2.06 bits per heavy atom. The van der Waals surface area contributed by atoms with Crippen LogP contribution >= 0.6 is 0 Å². The molecule has 1 aromatic heterocycles. The molecule has 2 N–H and O–H groups in total. The Morgan fingerprint density at radius 1 is 1.39 bits per heavy atom. The summed E-state index contributed by atoms with van der Waals surface area (Å²) in [6.45, 7) is 3.43. The first-order valence-electron chi connectivity index (χ1n) is 5.50. The molecule has 2 rings (SSSR count). The van der Waals surface area contributed by atoms with Crippen LogP contribution in [0.4, 0.5) is 10.2 Å². The first-order valence-corrected chi connectivity index (χ1v) is 5.50. The number of carbonyl (C=O) groups excluding carboxylic acids is 1. The lowest BCUT2D eigenvalue weighted by Crippen LogP contribution is -2.18. The highest BCUT2D eigenvalue weighted by molar-refractivity contribution is 5.99. The molecule has 96 valence electrons. The Balaban J connectivity index is 2.08. The summed E-state index contributed by atoms with van der Waals surface area (Å²) in [5.41, 5.74) is -0.580. The molecule has 0 aliphatic heterocycles. The smallest absolute Gasteiger partial charge is 0.307 e. The van der Waals surface area contributed by atoms with Gasteiger partial charge in [-0.3, -0.25) is 9.59 Å². The van der Waals surface area contributed by atoms with E-state index in [-0.39, 0.29) is 5.82 Å². The Morgan fingerprint density at radius 3 is 2.56 bits per heavy atom. The summed E-state index contributed by atoms with van der Waals surface area (Å²) >= 11 is 0. The first kappa shape index (κ1) is 12.5. The predicted molar refractivity (Wildman–Crippen MR) is 61.2 cm³/mol. The molecule has 1 amide bonds. The summed E-state index contributed by atoms with van der Waals surface area (Å²) in [4.78, 5) is 26.3. The second-order valence-corrected chi connectivity index (χ2v) is 4.95. The van der Waals surface area contributed by atoms with E-state index in [0.717, 1.165) is 6.07 Å². The zero-order chi connectivity index (χ0) is 13.5. The molecule has 18 heavy (non-hydrogen) atoms. The van der Waals surface area contributed by atoms with Crippen LogP contribution in [0.3, 0.4) is 0 Å². The standard InChI is InChI=1S/C12H13FN2O3/c1-12(2)8(9(12)11(17)18)10(16)15-7-5-3-4-6(13)14-7/h3-5,8-9H,1-2H3,(H,17,18)(H,14,15,16)/t8-,9+/m1/s1. The number of halogens is 1. The number of pyridine rings is 1. The van der Waals surface area contributed by atoms with E-state index in [9.17, 15) is 14.0 Å². The summed E-state index contributed by atoms with van der Waals surface area (Å²) in [6.07, 6.45) is 0. The Labute approximate surface area is 103 Å². The SMILES string of the molecule is CC1(C)[C@H](C(=O)O)[C@@H]1C(=O)Nc1cccc(F)n1. The van der Waals surface area contributed by atoms with Crippen molar-refractivity contribution in [1.29, 1.82) is 0 Å². The number of hydrogen-bond acceptors (Lipinski definition) is 3. The Hall–Kier alpha value is -1.98. The fourth-order valence-electron chi connectivity index (χ4n) is 2.27. The zero-order valence-corrected chi connectivity index (χ0v) is 9.98. The van der Waals surface area contributed by atoms with E-state index in [4.69, 9.17) is 5.11 Å². The summed E-state index contributed by atoms with van der Waals surface area (Å²) in [6, 6.07) is 4.04. The van der Waals surface area contributed by atoms with Gasteiger partial charge in [-0.25, -0.2) is 4.98 Å². The van der Waals surface area contributed by atoms with Crippen molar-refractivity contribution in [1.82, 2.24) is 4.98 Å². The van der Waals surface area contributed by atoms with Gasteiger partial charge < -0.3 is 10.4 Å². The third kappa shape index (κ3) is 2.05. The highest BCUT2D eigenvalue weighted by Crippen LogP contribution is 2.58. The van der Waals surface area contributed by atoms with E-state index in [0.29, 0.717) is 0 Å². The van der Waals surface area contributed by atoms with Crippen LogP contribution in [-0.2, 0) is 9.59 Å². The number of hydrogen-bond donors (Lipinski definition) is 2. The van der Waals surface area contributed by atoms with Crippen LogP contribution in [0.5, 0.6) is 0 Å². The number of nitrogens with one attached hydrogen (secondary N) is 1. The molecule has 0 unspecified atom stereocenters. The third-order valence-corrected chi connectivity index (χ3v) is 3.34. The monoisotopic (exact) mass is 252 g/mol. The molecule has 0 aromatic carbocycles. The maximum Gasteiger partial charge on any atom is 0.307 e. The van der Waals surface area contributed by atoms with Crippen molar-refractivity contribution in [3.8, 4) is 0 Å². The molecule has 0 bridgehead atoms. The number of carboxylic acids is 1. The molecule has 0 saturated heterocycles. The van der Waals surface area contributed by atoms with Crippen LogP contribution in [0.1, 0.15) is 13.8 Å². The number of aromatic nitrogens is 1. The summed E-state index contributed by atoms with van der Waals surface area (Å²) in [7, 11) is 0. The normalized spacial score (nSPS) is 24.4.